The first-order valence-corrected chi connectivity index (χ1v) is 7.23. The van der Waals surface area contributed by atoms with E-state index in [1.165, 1.54) is 11.1 Å². The lowest BCUT2D eigenvalue weighted by atomic mass is 10.0. The molecule has 0 heterocycles. The molecule has 2 aromatic rings. The number of hydrogen-bond donors (Lipinski definition) is 2. The van der Waals surface area contributed by atoms with Crippen molar-refractivity contribution < 1.29 is 0 Å². The fourth-order valence-corrected chi connectivity index (χ4v) is 2.47. The third-order valence-corrected chi connectivity index (χ3v) is 3.58. The van der Waals surface area contributed by atoms with Gasteiger partial charge in [0.2, 0.25) is 0 Å². The van der Waals surface area contributed by atoms with E-state index in [0.29, 0.717) is 10.1 Å². The molecule has 0 aliphatic carbocycles. The molecule has 0 spiro atoms. The number of benzene rings is 2. The Kier molecular flexibility index (Phi) is 4.99. The molecule has 0 radical (unpaired) electrons. The molecule has 0 fully saturated rings. The average molecular weight is 305 g/mol. The van der Waals surface area contributed by atoms with Crippen molar-refractivity contribution in [2.24, 2.45) is 0 Å². The van der Waals surface area contributed by atoms with E-state index >= 15 is 0 Å². The van der Waals surface area contributed by atoms with Gasteiger partial charge in [0, 0.05) is 10.7 Å². The third kappa shape index (κ3) is 3.95. The molecule has 1 atom stereocenters. The SMILES string of the molecule is Cc1ccccc1[C@@H](C)NC(=S)Nc1ccc(Cl)cc1. The number of aryl methyl sites for hydroxylation is 1. The van der Waals surface area contributed by atoms with Crippen molar-refractivity contribution in [2.45, 2.75) is 19.9 Å². The van der Waals surface area contributed by atoms with E-state index in [-0.39, 0.29) is 6.04 Å². The summed E-state index contributed by atoms with van der Waals surface area (Å²) in [5.74, 6) is 0. The monoisotopic (exact) mass is 304 g/mol. The highest BCUT2D eigenvalue weighted by Gasteiger charge is 2.09. The maximum Gasteiger partial charge on any atom is 0.171 e. The van der Waals surface area contributed by atoms with Crippen LogP contribution in [0.15, 0.2) is 48.5 Å². The summed E-state index contributed by atoms with van der Waals surface area (Å²) in [6, 6.07) is 15.9. The second-order valence-electron chi connectivity index (χ2n) is 4.68. The maximum atomic E-state index is 5.85. The van der Waals surface area contributed by atoms with Crippen LogP contribution in [0.25, 0.3) is 0 Å². The molecule has 20 heavy (non-hydrogen) atoms. The molecule has 2 rings (SSSR count). The van der Waals surface area contributed by atoms with Crippen LogP contribution in [0.4, 0.5) is 5.69 Å². The van der Waals surface area contributed by atoms with Gasteiger partial charge in [0.1, 0.15) is 0 Å². The lowest BCUT2D eigenvalue weighted by Gasteiger charge is -2.19. The number of hydrogen-bond acceptors (Lipinski definition) is 1. The molecule has 2 aromatic carbocycles. The van der Waals surface area contributed by atoms with Crippen LogP contribution in [0.3, 0.4) is 0 Å². The van der Waals surface area contributed by atoms with Gasteiger partial charge in [-0.25, -0.2) is 0 Å². The van der Waals surface area contributed by atoms with Gasteiger partial charge in [-0.3, -0.25) is 0 Å². The van der Waals surface area contributed by atoms with Crippen LogP contribution in [0, 0.1) is 6.92 Å². The summed E-state index contributed by atoms with van der Waals surface area (Å²) < 4.78 is 0. The summed E-state index contributed by atoms with van der Waals surface area (Å²) in [5, 5.41) is 7.75. The van der Waals surface area contributed by atoms with Gasteiger partial charge in [0.05, 0.1) is 6.04 Å². The second kappa shape index (κ2) is 6.73. The highest BCUT2D eigenvalue weighted by atomic mass is 35.5. The quantitative estimate of drug-likeness (QED) is 0.804. The van der Waals surface area contributed by atoms with Gasteiger partial charge in [-0.1, -0.05) is 35.9 Å². The van der Waals surface area contributed by atoms with Crippen molar-refractivity contribution in [3.05, 3.63) is 64.7 Å². The van der Waals surface area contributed by atoms with Crippen LogP contribution in [-0.4, -0.2) is 5.11 Å². The minimum atomic E-state index is 0.156. The molecule has 2 nitrogen and oxygen atoms in total. The van der Waals surface area contributed by atoms with Gasteiger partial charge in [0.25, 0.3) is 0 Å². The minimum absolute atomic E-state index is 0.156. The summed E-state index contributed by atoms with van der Waals surface area (Å²) >= 11 is 11.2. The van der Waals surface area contributed by atoms with Crippen LogP contribution in [0.1, 0.15) is 24.1 Å². The number of halogens is 1. The molecule has 0 aliphatic rings. The Morgan fingerprint density at radius 3 is 2.40 bits per heavy atom. The normalized spacial score (nSPS) is 11.8. The molecule has 0 aliphatic heterocycles. The highest BCUT2D eigenvalue weighted by molar-refractivity contribution is 7.80. The van der Waals surface area contributed by atoms with E-state index in [9.17, 15) is 0 Å². The van der Waals surface area contributed by atoms with Gasteiger partial charge < -0.3 is 10.6 Å². The Morgan fingerprint density at radius 2 is 1.75 bits per heavy atom. The Labute approximate surface area is 130 Å². The van der Waals surface area contributed by atoms with Crippen LogP contribution in [-0.2, 0) is 0 Å². The van der Waals surface area contributed by atoms with Gasteiger partial charge in [-0.05, 0) is 61.5 Å². The van der Waals surface area contributed by atoms with E-state index in [1.807, 2.05) is 36.4 Å². The topological polar surface area (TPSA) is 24.1 Å². The summed E-state index contributed by atoms with van der Waals surface area (Å²) in [4.78, 5) is 0. The Morgan fingerprint density at radius 1 is 1.10 bits per heavy atom. The van der Waals surface area contributed by atoms with E-state index in [4.69, 9.17) is 23.8 Å². The zero-order valence-electron chi connectivity index (χ0n) is 11.5. The first-order valence-electron chi connectivity index (χ1n) is 6.45. The maximum absolute atomic E-state index is 5.85. The summed E-state index contributed by atoms with van der Waals surface area (Å²) in [7, 11) is 0. The average Bonchev–Trinajstić information content (AvgIpc) is 2.41. The number of anilines is 1. The first kappa shape index (κ1) is 14.8. The van der Waals surface area contributed by atoms with Gasteiger partial charge in [-0.15, -0.1) is 0 Å². The van der Waals surface area contributed by atoms with E-state index in [0.717, 1.165) is 5.69 Å². The molecular weight excluding hydrogens is 288 g/mol. The summed E-state index contributed by atoms with van der Waals surface area (Å²) in [6.07, 6.45) is 0. The third-order valence-electron chi connectivity index (χ3n) is 3.10. The van der Waals surface area contributed by atoms with Crippen LogP contribution >= 0.6 is 23.8 Å². The Hall–Kier alpha value is -1.58. The van der Waals surface area contributed by atoms with Crippen LogP contribution in [0.2, 0.25) is 5.02 Å². The Balaban J connectivity index is 1.98. The van der Waals surface area contributed by atoms with Crippen molar-refractivity contribution in [3.63, 3.8) is 0 Å². The fourth-order valence-electron chi connectivity index (χ4n) is 2.05. The van der Waals surface area contributed by atoms with Gasteiger partial charge in [-0.2, -0.15) is 0 Å². The smallest absolute Gasteiger partial charge is 0.171 e. The lowest BCUT2D eigenvalue weighted by molar-refractivity contribution is 0.717. The number of thiocarbonyl (C=S) groups is 1. The first-order chi connectivity index (χ1) is 9.56. The highest BCUT2D eigenvalue weighted by Crippen LogP contribution is 2.17. The molecule has 0 amide bonds. The molecule has 2 N–H and O–H groups in total. The van der Waals surface area contributed by atoms with E-state index in [2.05, 4.69) is 36.6 Å². The van der Waals surface area contributed by atoms with Gasteiger partial charge >= 0.3 is 0 Å². The predicted octanol–water partition coefficient (Wildman–Crippen LogP) is 4.70. The van der Waals surface area contributed by atoms with Crippen molar-refractivity contribution in [3.8, 4) is 0 Å². The largest absolute Gasteiger partial charge is 0.356 e. The number of nitrogens with one attached hydrogen (secondary N) is 2. The Bertz CT molecular complexity index is 596. The molecule has 0 aromatic heterocycles. The molecule has 4 heteroatoms. The standard InChI is InChI=1S/C16H17ClN2S/c1-11-5-3-4-6-15(11)12(2)18-16(20)19-14-9-7-13(17)8-10-14/h3-10,12H,1-2H3,(H2,18,19,20)/t12-/m1/s1. The van der Waals surface area contributed by atoms with E-state index < -0.39 is 0 Å². The van der Waals surface area contributed by atoms with Gasteiger partial charge in [0.15, 0.2) is 5.11 Å². The second-order valence-corrected chi connectivity index (χ2v) is 5.53. The van der Waals surface area contributed by atoms with Crippen LogP contribution in [0.5, 0.6) is 0 Å². The van der Waals surface area contributed by atoms with E-state index in [1.54, 1.807) is 0 Å². The number of rotatable bonds is 3. The lowest BCUT2D eigenvalue weighted by Crippen LogP contribution is -2.31. The summed E-state index contributed by atoms with van der Waals surface area (Å²) in [6.45, 7) is 4.20. The molecule has 0 saturated heterocycles. The predicted molar refractivity (Wildman–Crippen MR) is 90.4 cm³/mol. The minimum Gasteiger partial charge on any atom is -0.356 e. The molecule has 0 saturated carbocycles. The summed E-state index contributed by atoms with van der Waals surface area (Å²) in [5.41, 5.74) is 3.42. The zero-order valence-corrected chi connectivity index (χ0v) is 13.1. The van der Waals surface area contributed by atoms with Crippen LogP contribution < -0.4 is 10.6 Å². The molecular formula is C16H17ClN2S. The van der Waals surface area contributed by atoms with Crippen molar-refractivity contribution in [2.75, 3.05) is 5.32 Å². The van der Waals surface area contributed by atoms with Crippen molar-refractivity contribution in [1.29, 1.82) is 0 Å². The molecule has 0 unspecified atom stereocenters. The zero-order chi connectivity index (χ0) is 14.5. The molecule has 104 valence electrons. The molecule has 0 bridgehead atoms. The van der Waals surface area contributed by atoms with Crippen molar-refractivity contribution >= 4 is 34.6 Å². The fraction of sp³-hybridized carbons (Fsp3) is 0.188. The van der Waals surface area contributed by atoms with Crippen molar-refractivity contribution in [1.82, 2.24) is 5.32 Å².